The maximum absolute atomic E-state index is 12.7. The molecule has 2 saturated heterocycles. The van der Waals surface area contributed by atoms with E-state index in [9.17, 15) is 4.79 Å². The van der Waals surface area contributed by atoms with Gasteiger partial charge in [0.1, 0.15) is 5.60 Å². The van der Waals surface area contributed by atoms with Crippen molar-refractivity contribution in [1.29, 1.82) is 0 Å². The molecule has 1 amide bonds. The fourth-order valence-electron chi connectivity index (χ4n) is 3.27. The normalized spacial score (nSPS) is 28.2. The second-order valence-corrected chi connectivity index (χ2v) is 6.20. The lowest BCUT2D eigenvalue weighted by Crippen LogP contribution is -2.55. The lowest BCUT2D eigenvalue weighted by Gasteiger charge is -2.40. The molecule has 0 unspecified atom stereocenters. The first-order chi connectivity index (χ1) is 10.1. The smallest absolute Gasteiger partial charge is 0.252 e. The van der Waals surface area contributed by atoms with Gasteiger partial charge in [0.15, 0.2) is 0 Å². The Morgan fingerprint density at radius 3 is 2.43 bits per heavy atom. The molecule has 2 fully saturated rings. The van der Waals surface area contributed by atoms with Gasteiger partial charge in [-0.3, -0.25) is 4.79 Å². The maximum atomic E-state index is 12.7. The molecular weight excluding hydrogens is 266 g/mol. The van der Waals surface area contributed by atoms with Crippen LogP contribution in [-0.4, -0.2) is 31.3 Å². The molecule has 0 radical (unpaired) electrons. The summed E-state index contributed by atoms with van der Waals surface area (Å²) in [5.74, 6) is 0.00533. The first kappa shape index (κ1) is 14.5. The number of benzene rings is 1. The molecule has 4 heteroatoms. The standard InChI is InChI=1S/C17H23NO3/c1-16(8-5-11-21-16)15(19)18-17(9-12-20-13-10-17)14-6-3-2-4-7-14/h2-4,6-7H,5,8-13H2,1H3,(H,18,19)/t16-/m0/s1. The van der Waals surface area contributed by atoms with E-state index in [2.05, 4.69) is 17.4 Å². The molecule has 0 bridgehead atoms. The summed E-state index contributed by atoms with van der Waals surface area (Å²) >= 11 is 0. The monoisotopic (exact) mass is 289 g/mol. The quantitative estimate of drug-likeness (QED) is 0.929. The van der Waals surface area contributed by atoms with Crippen LogP contribution in [0.3, 0.4) is 0 Å². The van der Waals surface area contributed by atoms with Crippen LogP contribution in [-0.2, 0) is 19.8 Å². The van der Waals surface area contributed by atoms with Gasteiger partial charge in [-0.15, -0.1) is 0 Å². The van der Waals surface area contributed by atoms with Crippen molar-refractivity contribution >= 4 is 5.91 Å². The third-order valence-corrected chi connectivity index (χ3v) is 4.72. The van der Waals surface area contributed by atoms with Gasteiger partial charge in [-0.2, -0.15) is 0 Å². The predicted octanol–water partition coefficient (Wildman–Crippen LogP) is 2.38. The fourth-order valence-corrected chi connectivity index (χ4v) is 3.27. The van der Waals surface area contributed by atoms with Gasteiger partial charge in [-0.1, -0.05) is 30.3 Å². The van der Waals surface area contributed by atoms with E-state index >= 15 is 0 Å². The number of carbonyl (C=O) groups is 1. The SMILES string of the molecule is C[C@@]1(C(=O)NC2(c3ccccc3)CCOCC2)CCCO1. The van der Waals surface area contributed by atoms with Crippen molar-refractivity contribution in [1.82, 2.24) is 5.32 Å². The molecule has 1 aromatic rings. The van der Waals surface area contributed by atoms with Crippen LogP contribution in [0.25, 0.3) is 0 Å². The maximum Gasteiger partial charge on any atom is 0.252 e. The van der Waals surface area contributed by atoms with Crippen molar-refractivity contribution in [3.8, 4) is 0 Å². The highest BCUT2D eigenvalue weighted by atomic mass is 16.5. The summed E-state index contributed by atoms with van der Waals surface area (Å²) in [6, 6.07) is 10.2. The topological polar surface area (TPSA) is 47.6 Å². The molecule has 0 saturated carbocycles. The number of carbonyl (C=O) groups excluding carboxylic acids is 1. The highest BCUT2D eigenvalue weighted by Gasteiger charge is 2.43. The molecule has 2 aliphatic rings. The Hall–Kier alpha value is -1.39. The van der Waals surface area contributed by atoms with Gasteiger partial charge in [0, 0.05) is 19.8 Å². The minimum atomic E-state index is -0.680. The molecule has 1 N–H and O–H groups in total. The van der Waals surface area contributed by atoms with E-state index in [4.69, 9.17) is 9.47 Å². The van der Waals surface area contributed by atoms with Gasteiger partial charge in [0.05, 0.1) is 5.54 Å². The molecule has 4 nitrogen and oxygen atoms in total. The van der Waals surface area contributed by atoms with Crippen molar-refractivity contribution < 1.29 is 14.3 Å². The summed E-state index contributed by atoms with van der Waals surface area (Å²) in [7, 11) is 0. The first-order valence-corrected chi connectivity index (χ1v) is 7.75. The first-order valence-electron chi connectivity index (χ1n) is 7.75. The van der Waals surface area contributed by atoms with Gasteiger partial charge < -0.3 is 14.8 Å². The Bertz CT molecular complexity index is 488. The zero-order valence-corrected chi connectivity index (χ0v) is 12.6. The van der Waals surface area contributed by atoms with Crippen molar-refractivity contribution in [2.75, 3.05) is 19.8 Å². The summed E-state index contributed by atoms with van der Waals surface area (Å²) < 4.78 is 11.2. The second-order valence-electron chi connectivity index (χ2n) is 6.20. The highest BCUT2D eigenvalue weighted by molar-refractivity contribution is 5.85. The van der Waals surface area contributed by atoms with Crippen LogP contribution in [0.2, 0.25) is 0 Å². The van der Waals surface area contributed by atoms with Crippen LogP contribution in [0.4, 0.5) is 0 Å². The number of hydrogen-bond donors (Lipinski definition) is 1. The van der Waals surface area contributed by atoms with E-state index in [1.165, 1.54) is 0 Å². The summed E-state index contributed by atoms with van der Waals surface area (Å²) in [6.45, 7) is 3.91. The summed E-state index contributed by atoms with van der Waals surface area (Å²) in [4.78, 5) is 12.7. The van der Waals surface area contributed by atoms with Crippen LogP contribution in [0, 0.1) is 0 Å². The average molecular weight is 289 g/mol. The van der Waals surface area contributed by atoms with Crippen LogP contribution in [0.1, 0.15) is 38.2 Å². The van der Waals surface area contributed by atoms with Gasteiger partial charge in [0.2, 0.25) is 0 Å². The third-order valence-electron chi connectivity index (χ3n) is 4.72. The Morgan fingerprint density at radius 2 is 1.81 bits per heavy atom. The van der Waals surface area contributed by atoms with Gasteiger partial charge in [-0.25, -0.2) is 0 Å². The van der Waals surface area contributed by atoms with Crippen LogP contribution in [0.15, 0.2) is 30.3 Å². The van der Waals surface area contributed by atoms with Crippen molar-refractivity contribution in [2.24, 2.45) is 0 Å². The van der Waals surface area contributed by atoms with E-state index < -0.39 is 5.60 Å². The minimum Gasteiger partial charge on any atom is -0.381 e. The largest absolute Gasteiger partial charge is 0.381 e. The Balaban J connectivity index is 1.85. The Morgan fingerprint density at radius 1 is 1.10 bits per heavy atom. The molecule has 0 spiro atoms. The lowest BCUT2D eigenvalue weighted by molar-refractivity contribution is -0.143. The molecule has 114 valence electrons. The van der Waals surface area contributed by atoms with E-state index in [-0.39, 0.29) is 11.4 Å². The molecular formula is C17H23NO3. The molecule has 0 aromatic heterocycles. The summed E-state index contributed by atoms with van der Waals surface area (Å²) in [6.07, 6.45) is 3.35. The van der Waals surface area contributed by atoms with Crippen LogP contribution < -0.4 is 5.32 Å². The average Bonchev–Trinajstić information content (AvgIpc) is 2.97. The summed E-state index contributed by atoms with van der Waals surface area (Å²) in [5.41, 5.74) is 0.147. The highest BCUT2D eigenvalue weighted by Crippen LogP contribution is 2.34. The zero-order valence-electron chi connectivity index (χ0n) is 12.6. The number of hydrogen-bond acceptors (Lipinski definition) is 3. The predicted molar refractivity (Wildman–Crippen MR) is 79.9 cm³/mol. The molecule has 1 atom stereocenters. The minimum absolute atomic E-state index is 0.00533. The third kappa shape index (κ3) is 2.83. The number of rotatable bonds is 3. The molecule has 2 aliphatic heterocycles. The van der Waals surface area contributed by atoms with Crippen LogP contribution in [0.5, 0.6) is 0 Å². The number of amides is 1. The van der Waals surface area contributed by atoms with Gasteiger partial charge in [0.25, 0.3) is 5.91 Å². The van der Waals surface area contributed by atoms with Crippen molar-refractivity contribution in [3.63, 3.8) is 0 Å². The molecule has 1 aromatic carbocycles. The van der Waals surface area contributed by atoms with Gasteiger partial charge in [-0.05, 0) is 38.2 Å². The summed E-state index contributed by atoms with van der Waals surface area (Å²) in [5, 5.41) is 3.29. The van der Waals surface area contributed by atoms with E-state index in [1.807, 2.05) is 25.1 Å². The van der Waals surface area contributed by atoms with Crippen molar-refractivity contribution in [3.05, 3.63) is 35.9 Å². The molecule has 3 rings (SSSR count). The second kappa shape index (κ2) is 5.78. The Labute approximate surface area is 125 Å². The Kier molecular flexibility index (Phi) is 4.00. The lowest BCUT2D eigenvalue weighted by atomic mass is 9.82. The van der Waals surface area contributed by atoms with E-state index in [1.54, 1.807) is 0 Å². The molecule has 0 aliphatic carbocycles. The number of ether oxygens (including phenoxy) is 2. The molecule has 2 heterocycles. The van der Waals surface area contributed by atoms with Gasteiger partial charge >= 0.3 is 0 Å². The number of nitrogens with one attached hydrogen (secondary N) is 1. The van der Waals surface area contributed by atoms with E-state index in [0.29, 0.717) is 19.8 Å². The fraction of sp³-hybridized carbons (Fsp3) is 0.588. The molecule has 21 heavy (non-hydrogen) atoms. The van der Waals surface area contributed by atoms with Crippen LogP contribution >= 0.6 is 0 Å². The van der Waals surface area contributed by atoms with Crippen molar-refractivity contribution in [2.45, 2.75) is 43.7 Å². The van der Waals surface area contributed by atoms with E-state index in [0.717, 1.165) is 31.2 Å². The zero-order chi connectivity index (χ0) is 14.8.